The molecule has 18 heavy (non-hydrogen) atoms. The van der Waals surface area contributed by atoms with Crippen LogP contribution in [-0.2, 0) is 13.7 Å². The van der Waals surface area contributed by atoms with E-state index in [0.29, 0.717) is 12.5 Å². The Balaban J connectivity index is 1.97. The third kappa shape index (κ3) is 2.92. The molecule has 0 atom stereocenters. The van der Waals surface area contributed by atoms with Gasteiger partial charge in [-0.05, 0) is 36.6 Å². The van der Waals surface area contributed by atoms with E-state index in [0.717, 1.165) is 17.1 Å². The molecule has 3 nitrogen and oxygen atoms in total. The Morgan fingerprint density at radius 2 is 1.89 bits per heavy atom. The fourth-order valence-corrected chi connectivity index (χ4v) is 1.81. The van der Waals surface area contributed by atoms with Crippen molar-refractivity contribution in [1.82, 2.24) is 9.78 Å². The van der Waals surface area contributed by atoms with Gasteiger partial charge in [0.15, 0.2) is 0 Å². The summed E-state index contributed by atoms with van der Waals surface area (Å²) in [5.41, 5.74) is 3.43. The summed E-state index contributed by atoms with van der Waals surface area (Å²) in [5.74, 6) is 1.44. The Bertz CT molecular complexity index is 492. The minimum absolute atomic E-state index is 0.517. The summed E-state index contributed by atoms with van der Waals surface area (Å²) < 4.78 is 7.58. The lowest BCUT2D eigenvalue weighted by Crippen LogP contribution is -1.98. The summed E-state index contributed by atoms with van der Waals surface area (Å²) in [4.78, 5) is 0. The predicted octanol–water partition coefficient (Wildman–Crippen LogP) is 3.43. The molecule has 2 rings (SSSR count). The standard InChI is InChI=1S/C15H20N2O/c1-11(2)13-5-7-15(8-6-13)18-10-14-9-12(3)17(4)16-14/h5-9,11H,10H2,1-4H3. The van der Waals surface area contributed by atoms with E-state index in [1.165, 1.54) is 5.56 Å². The highest BCUT2D eigenvalue weighted by molar-refractivity contribution is 5.29. The van der Waals surface area contributed by atoms with E-state index >= 15 is 0 Å². The molecule has 0 spiro atoms. The Morgan fingerprint density at radius 3 is 2.39 bits per heavy atom. The summed E-state index contributed by atoms with van der Waals surface area (Å²) in [7, 11) is 1.94. The third-order valence-electron chi connectivity index (χ3n) is 3.10. The lowest BCUT2D eigenvalue weighted by molar-refractivity contribution is 0.300. The van der Waals surface area contributed by atoms with Crippen LogP contribution in [0.25, 0.3) is 0 Å². The molecule has 0 aliphatic heterocycles. The van der Waals surface area contributed by atoms with Crippen LogP contribution in [0.1, 0.15) is 36.7 Å². The fourth-order valence-electron chi connectivity index (χ4n) is 1.81. The maximum Gasteiger partial charge on any atom is 0.132 e. The average molecular weight is 244 g/mol. The second-order valence-corrected chi connectivity index (χ2v) is 4.91. The molecule has 0 bridgehead atoms. The SMILES string of the molecule is Cc1cc(COc2ccc(C(C)C)cc2)nn1C. The van der Waals surface area contributed by atoms with Gasteiger partial charge in [0.25, 0.3) is 0 Å². The zero-order valence-corrected chi connectivity index (χ0v) is 11.5. The normalized spacial score (nSPS) is 10.9. The summed E-state index contributed by atoms with van der Waals surface area (Å²) in [6.45, 7) is 6.93. The van der Waals surface area contributed by atoms with Crippen molar-refractivity contribution in [3.05, 3.63) is 47.3 Å². The lowest BCUT2D eigenvalue weighted by atomic mass is 10.0. The third-order valence-corrected chi connectivity index (χ3v) is 3.10. The van der Waals surface area contributed by atoms with E-state index < -0.39 is 0 Å². The van der Waals surface area contributed by atoms with E-state index in [1.54, 1.807) is 0 Å². The number of aromatic nitrogens is 2. The van der Waals surface area contributed by atoms with Crippen molar-refractivity contribution in [3.63, 3.8) is 0 Å². The Kier molecular flexibility index (Phi) is 3.70. The number of benzene rings is 1. The number of ether oxygens (including phenoxy) is 1. The second-order valence-electron chi connectivity index (χ2n) is 4.91. The predicted molar refractivity (Wildman–Crippen MR) is 72.8 cm³/mol. The van der Waals surface area contributed by atoms with Gasteiger partial charge in [0.1, 0.15) is 18.1 Å². The molecule has 0 saturated carbocycles. The van der Waals surface area contributed by atoms with Crippen LogP contribution in [0.2, 0.25) is 0 Å². The van der Waals surface area contributed by atoms with Crippen molar-refractivity contribution in [2.24, 2.45) is 7.05 Å². The van der Waals surface area contributed by atoms with E-state index in [1.807, 2.05) is 36.9 Å². The minimum atomic E-state index is 0.517. The number of hydrogen-bond acceptors (Lipinski definition) is 2. The first-order chi connectivity index (χ1) is 8.56. The molecule has 0 amide bonds. The van der Waals surface area contributed by atoms with Crippen LogP contribution in [-0.4, -0.2) is 9.78 Å². The van der Waals surface area contributed by atoms with Gasteiger partial charge in [0.05, 0.1) is 0 Å². The summed E-state index contributed by atoms with van der Waals surface area (Å²) in [6.07, 6.45) is 0. The van der Waals surface area contributed by atoms with Gasteiger partial charge in [-0.25, -0.2) is 0 Å². The first kappa shape index (κ1) is 12.7. The van der Waals surface area contributed by atoms with Crippen LogP contribution in [0, 0.1) is 6.92 Å². The first-order valence-electron chi connectivity index (χ1n) is 6.28. The minimum Gasteiger partial charge on any atom is -0.487 e. The molecule has 0 N–H and O–H groups in total. The molecule has 0 unspecified atom stereocenters. The molecular formula is C15H20N2O. The van der Waals surface area contributed by atoms with E-state index in [-0.39, 0.29) is 0 Å². The maximum atomic E-state index is 5.72. The van der Waals surface area contributed by atoms with Gasteiger partial charge in [-0.1, -0.05) is 26.0 Å². The summed E-state index contributed by atoms with van der Waals surface area (Å²) in [5, 5.41) is 4.36. The highest BCUT2D eigenvalue weighted by Crippen LogP contribution is 2.19. The average Bonchev–Trinajstić information content (AvgIpc) is 2.67. The Hall–Kier alpha value is -1.77. The molecular weight excluding hydrogens is 224 g/mol. The summed E-state index contributed by atoms with van der Waals surface area (Å²) in [6, 6.07) is 10.3. The highest BCUT2D eigenvalue weighted by atomic mass is 16.5. The molecule has 0 aliphatic carbocycles. The molecule has 2 aromatic rings. The fraction of sp³-hybridized carbons (Fsp3) is 0.400. The van der Waals surface area contributed by atoms with Gasteiger partial charge in [0.2, 0.25) is 0 Å². The van der Waals surface area contributed by atoms with Crippen LogP contribution in [0.3, 0.4) is 0 Å². The van der Waals surface area contributed by atoms with Crippen molar-refractivity contribution in [1.29, 1.82) is 0 Å². The van der Waals surface area contributed by atoms with Crippen molar-refractivity contribution in [3.8, 4) is 5.75 Å². The molecule has 0 fully saturated rings. The number of aryl methyl sites for hydroxylation is 2. The van der Waals surface area contributed by atoms with Gasteiger partial charge in [0, 0.05) is 12.7 Å². The van der Waals surface area contributed by atoms with Gasteiger partial charge in [-0.2, -0.15) is 5.10 Å². The van der Waals surface area contributed by atoms with Crippen LogP contribution >= 0.6 is 0 Å². The van der Waals surface area contributed by atoms with Gasteiger partial charge < -0.3 is 4.74 Å². The second kappa shape index (κ2) is 5.25. The van der Waals surface area contributed by atoms with Crippen LogP contribution in [0.5, 0.6) is 5.75 Å². The lowest BCUT2D eigenvalue weighted by Gasteiger charge is -2.07. The van der Waals surface area contributed by atoms with Gasteiger partial charge in [-0.3, -0.25) is 4.68 Å². The zero-order valence-electron chi connectivity index (χ0n) is 11.5. The molecule has 3 heteroatoms. The molecule has 0 radical (unpaired) electrons. The maximum absolute atomic E-state index is 5.72. The largest absolute Gasteiger partial charge is 0.487 e. The number of hydrogen-bond donors (Lipinski definition) is 0. The molecule has 1 aromatic carbocycles. The van der Waals surface area contributed by atoms with Crippen molar-refractivity contribution >= 4 is 0 Å². The van der Waals surface area contributed by atoms with Crippen molar-refractivity contribution < 1.29 is 4.74 Å². The van der Waals surface area contributed by atoms with E-state index in [4.69, 9.17) is 4.74 Å². The topological polar surface area (TPSA) is 27.1 Å². The monoisotopic (exact) mass is 244 g/mol. The molecule has 0 aliphatic rings. The highest BCUT2D eigenvalue weighted by Gasteiger charge is 2.03. The van der Waals surface area contributed by atoms with E-state index in [9.17, 15) is 0 Å². The number of nitrogens with zero attached hydrogens (tertiary/aromatic N) is 2. The Morgan fingerprint density at radius 1 is 1.22 bits per heavy atom. The van der Waals surface area contributed by atoms with Crippen molar-refractivity contribution in [2.75, 3.05) is 0 Å². The first-order valence-corrected chi connectivity index (χ1v) is 6.28. The van der Waals surface area contributed by atoms with Crippen LogP contribution < -0.4 is 4.74 Å². The van der Waals surface area contributed by atoms with Gasteiger partial charge >= 0.3 is 0 Å². The van der Waals surface area contributed by atoms with E-state index in [2.05, 4.69) is 31.1 Å². The quantitative estimate of drug-likeness (QED) is 0.824. The molecule has 1 aromatic heterocycles. The molecule has 96 valence electrons. The van der Waals surface area contributed by atoms with Crippen LogP contribution in [0.4, 0.5) is 0 Å². The smallest absolute Gasteiger partial charge is 0.132 e. The van der Waals surface area contributed by atoms with Crippen molar-refractivity contribution in [2.45, 2.75) is 33.3 Å². The Labute approximate surface area is 108 Å². The molecule has 0 saturated heterocycles. The van der Waals surface area contributed by atoms with Crippen LogP contribution in [0.15, 0.2) is 30.3 Å². The zero-order chi connectivity index (χ0) is 13.1. The summed E-state index contributed by atoms with van der Waals surface area (Å²) >= 11 is 0. The number of rotatable bonds is 4. The molecule has 1 heterocycles. The van der Waals surface area contributed by atoms with Gasteiger partial charge in [-0.15, -0.1) is 0 Å².